The van der Waals surface area contributed by atoms with E-state index in [9.17, 15) is 19.2 Å². The van der Waals surface area contributed by atoms with E-state index in [1.165, 1.54) is 14.2 Å². The topological polar surface area (TPSA) is 120 Å². The lowest BCUT2D eigenvalue weighted by molar-refractivity contribution is 0.0594. The lowest BCUT2D eigenvalue weighted by Crippen LogP contribution is -2.14. The average molecular weight is 578 g/mol. The standard InChI is InChI=1S/C20H18N2O3.C14H13NO3/c1-25-20(24)14-6-2-7-15-18(14)19-16(8-3-9-17(19)23)22(15)12-13-5-4-10-21-11-13;1-18-14(17)8-4-2-5-9-12(8)13-10(15-9)6-3-7-11(13)16/h2,4-7,10-11H,3,8-9,12H2,1H3;2,4-5,15H,3,6-7H2,1H3. The first-order valence-electron chi connectivity index (χ1n) is 14.3. The van der Waals surface area contributed by atoms with Crippen molar-refractivity contribution >= 4 is 45.3 Å². The molecule has 0 saturated heterocycles. The lowest BCUT2D eigenvalue weighted by atomic mass is 9.92. The van der Waals surface area contributed by atoms with E-state index in [2.05, 4.69) is 14.5 Å². The molecule has 5 aromatic rings. The van der Waals surface area contributed by atoms with Crippen molar-refractivity contribution in [3.63, 3.8) is 0 Å². The molecule has 218 valence electrons. The van der Waals surface area contributed by atoms with Gasteiger partial charge in [-0.25, -0.2) is 9.59 Å². The smallest absolute Gasteiger partial charge is 0.338 e. The van der Waals surface area contributed by atoms with E-state index < -0.39 is 11.9 Å². The summed E-state index contributed by atoms with van der Waals surface area (Å²) >= 11 is 0. The molecule has 0 spiro atoms. The molecule has 9 heteroatoms. The van der Waals surface area contributed by atoms with Gasteiger partial charge in [-0.15, -0.1) is 0 Å². The van der Waals surface area contributed by atoms with Gasteiger partial charge in [-0.05, 0) is 61.6 Å². The minimum Gasteiger partial charge on any atom is -0.465 e. The molecular weight excluding hydrogens is 546 g/mol. The van der Waals surface area contributed by atoms with Crippen LogP contribution >= 0.6 is 0 Å². The summed E-state index contributed by atoms with van der Waals surface area (Å²) in [7, 11) is 2.71. The number of aromatic amines is 1. The number of benzene rings is 2. The molecule has 0 unspecified atom stereocenters. The Hall–Kier alpha value is -5.05. The maximum Gasteiger partial charge on any atom is 0.338 e. The zero-order chi connectivity index (χ0) is 30.1. The van der Waals surface area contributed by atoms with Crippen LogP contribution < -0.4 is 0 Å². The van der Waals surface area contributed by atoms with Crippen molar-refractivity contribution in [3.05, 3.63) is 100 Å². The molecule has 7 rings (SSSR count). The van der Waals surface area contributed by atoms with E-state index >= 15 is 0 Å². The molecule has 2 aromatic carbocycles. The number of H-pyrrole nitrogens is 1. The predicted octanol–water partition coefficient (Wildman–Crippen LogP) is 5.86. The number of hydrogen-bond donors (Lipinski definition) is 1. The zero-order valence-corrected chi connectivity index (χ0v) is 24.1. The van der Waals surface area contributed by atoms with Gasteiger partial charge in [0, 0.05) is 70.6 Å². The van der Waals surface area contributed by atoms with Gasteiger partial charge in [-0.1, -0.05) is 18.2 Å². The molecule has 0 fully saturated rings. The summed E-state index contributed by atoms with van der Waals surface area (Å²) in [6.07, 6.45) is 8.03. The number of methoxy groups -OCH3 is 2. The average Bonchev–Trinajstić information content (AvgIpc) is 3.58. The van der Waals surface area contributed by atoms with Gasteiger partial charge in [-0.2, -0.15) is 0 Å². The molecule has 0 amide bonds. The van der Waals surface area contributed by atoms with Crippen LogP contribution in [-0.2, 0) is 28.9 Å². The van der Waals surface area contributed by atoms with Crippen molar-refractivity contribution in [3.8, 4) is 0 Å². The number of rotatable bonds is 4. The Kier molecular flexibility index (Phi) is 7.63. The number of aryl methyl sites for hydroxylation is 1. The van der Waals surface area contributed by atoms with Gasteiger partial charge in [0.1, 0.15) is 0 Å². The van der Waals surface area contributed by atoms with Crippen LogP contribution in [0.3, 0.4) is 0 Å². The van der Waals surface area contributed by atoms with Crippen molar-refractivity contribution < 1.29 is 28.7 Å². The van der Waals surface area contributed by atoms with Crippen molar-refractivity contribution in [1.29, 1.82) is 0 Å². The van der Waals surface area contributed by atoms with Crippen LogP contribution in [0.4, 0.5) is 0 Å². The van der Waals surface area contributed by atoms with E-state index in [4.69, 9.17) is 9.47 Å². The molecule has 3 aromatic heterocycles. The molecule has 0 radical (unpaired) electrons. The Labute approximate surface area is 247 Å². The number of nitrogens with one attached hydrogen (secondary N) is 1. The number of Topliss-reactive ketones (excluding diaryl/α,β-unsaturated/α-hetero) is 2. The van der Waals surface area contributed by atoms with Gasteiger partial charge >= 0.3 is 11.9 Å². The minimum atomic E-state index is -0.412. The van der Waals surface area contributed by atoms with E-state index in [-0.39, 0.29) is 11.6 Å². The molecule has 0 aliphatic heterocycles. The maximum absolute atomic E-state index is 12.7. The molecule has 3 heterocycles. The molecule has 2 aliphatic carbocycles. The summed E-state index contributed by atoms with van der Waals surface area (Å²) in [5.74, 6) is -0.600. The van der Waals surface area contributed by atoms with Gasteiger partial charge in [0.05, 0.1) is 30.9 Å². The van der Waals surface area contributed by atoms with E-state index in [0.29, 0.717) is 47.0 Å². The second-order valence-corrected chi connectivity index (χ2v) is 10.7. The van der Waals surface area contributed by atoms with Crippen molar-refractivity contribution in [2.24, 2.45) is 0 Å². The van der Waals surface area contributed by atoms with Gasteiger partial charge in [0.15, 0.2) is 11.6 Å². The second kappa shape index (κ2) is 11.7. The van der Waals surface area contributed by atoms with Crippen molar-refractivity contribution in [2.75, 3.05) is 14.2 Å². The van der Waals surface area contributed by atoms with E-state index in [0.717, 1.165) is 59.1 Å². The molecule has 43 heavy (non-hydrogen) atoms. The fourth-order valence-corrected chi connectivity index (χ4v) is 6.32. The molecule has 0 atom stereocenters. The van der Waals surface area contributed by atoms with Crippen LogP contribution in [-0.4, -0.2) is 52.3 Å². The predicted molar refractivity (Wildman–Crippen MR) is 161 cm³/mol. The Morgan fingerprint density at radius 1 is 0.814 bits per heavy atom. The van der Waals surface area contributed by atoms with Crippen LogP contribution in [0.5, 0.6) is 0 Å². The Morgan fingerprint density at radius 2 is 1.49 bits per heavy atom. The zero-order valence-electron chi connectivity index (χ0n) is 24.1. The number of carbonyl (C=O) groups is 4. The number of esters is 2. The normalized spacial score (nSPS) is 14.1. The summed E-state index contributed by atoms with van der Waals surface area (Å²) in [6, 6.07) is 14.8. The molecule has 0 bridgehead atoms. The number of pyridine rings is 1. The number of ether oxygens (including phenoxy) is 2. The summed E-state index contributed by atoms with van der Waals surface area (Å²) < 4.78 is 11.8. The minimum absolute atomic E-state index is 0.104. The summed E-state index contributed by atoms with van der Waals surface area (Å²) in [5, 5.41) is 1.43. The number of hydrogen-bond acceptors (Lipinski definition) is 7. The number of aromatic nitrogens is 3. The Balaban J connectivity index is 0.000000162. The first-order valence-corrected chi connectivity index (χ1v) is 14.3. The number of fused-ring (bicyclic) bond motifs is 6. The summed E-state index contributed by atoms with van der Waals surface area (Å²) in [6.45, 7) is 0.623. The molecule has 9 nitrogen and oxygen atoms in total. The SMILES string of the molecule is COC(=O)c1cccc2[nH]c3c(c12)C(=O)CCC3.COC(=O)c1cccc2c1c1c(n2Cc2cccnc2)CCCC1=O. The monoisotopic (exact) mass is 577 g/mol. The van der Waals surface area contributed by atoms with Crippen molar-refractivity contribution in [2.45, 2.75) is 45.1 Å². The quantitative estimate of drug-likeness (QED) is 0.266. The number of carbonyl (C=O) groups excluding carboxylic acids is 4. The number of nitrogens with zero attached hydrogens (tertiary/aromatic N) is 2. The van der Waals surface area contributed by atoms with E-state index in [1.807, 2.05) is 36.5 Å². The van der Waals surface area contributed by atoms with Gasteiger partial charge in [0.2, 0.25) is 0 Å². The Bertz CT molecular complexity index is 1900. The Morgan fingerprint density at radius 3 is 2.19 bits per heavy atom. The lowest BCUT2D eigenvalue weighted by Gasteiger charge is -2.15. The fourth-order valence-electron chi connectivity index (χ4n) is 6.32. The van der Waals surface area contributed by atoms with E-state index in [1.54, 1.807) is 24.4 Å². The second-order valence-electron chi connectivity index (χ2n) is 10.7. The molecule has 2 aliphatic rings. The van der Waals surface area contributed by atoms with Gasteiger partial charge in [0.25, 0.3) is 0 Å². The largest absolute Gasteiger partial charge is 0.465 e. The number of ketones is 2. The molecule has 1 N–H and O–H groups in total. The molecular formula is C34H31N3O6. The molecule has 0 saturated carbocycles. The van der Waals surface area contributed by atoms with Crippen LogP contribution in [0.2, 0.25) is 0 Å². The highest BCUT2D eigenvalue weighted by atomic mass is 16.5. The first-order chi connectivity index (χ1) is 20.9. The highest BCUT2D eigenvalue weighted by Gasteiger charge is 2.29. The third kappa shape index (κ3) is 5.01. The van der Waals surface area contributed by atoms with Gasteiger partial charge in [-0.3, -0.25) is 14.6 Å². The van der Waals surface area contributed by atoms with Crippen molar-refractivity contribution in [1.82, 2.24) is 14.5 Å². The highest BCUT2D eigenvalue weighted by molar-refractivity contribution is 6.17. The third-order valence-corrected chi connectivity index (χ3v) is 8.18. The summed E-state index contributed by atoms with van der Waals surface area (Å²) in [5.41, 5.74) is 7.01. The fraction of sp³-hybridized carbons (Fsp3) is 0.265. The van der Waals surface area contributed by atoms with Crippen LogP contribution in [0.25, 0.3) is 21.8 Å². The maximum atomic E-state index is 12.7. The highest BCUT2D eigenvalue weighted by Crippen LogP contribution is 2.35. The summed E-state index contributed by atoms with van der Waals surface area (Å²) in [4.78, 5) is 56.1. The first kappa shape index (κ1) is 28.1. The van der Waals surface area contributed by atoms with Crippen LogP contribution in [0, 0.1) is 0 Å². The van der Waals surface area contributed by atoms with Crippen LogP contribution in [0.1, 0.15) is 84.1 Å². The van der Waals surface area contributed by atoms with Crippen LogP contribution in [0.15, 0.2) is 60.9 Å². The van der Waals surface area contributed by atoms with Gasteiger partial charge < -0.3 is 19.0 Å². The third-order valence-electron chi connectivity index (χ3n) is 8.18.